The minimum Gasteiger partial charge on any atom is -0.373 e. The summed E-state index contributed by atoms with van der Waals surface area (Å²) >= 11 is 0. The van der Waals surface area contributed by atoms with Crippen LogP contribution in [0.25, 0.3) is 0 Å². The summed E-state index contributed by atoms with van der Waals surface area (Å²) in [4.78, 5) is 6.35. The third-order valence-corrected chi connectivity index (χ3v) is 4.72. The quantitative estimate of drug-likeness (QED) is 0.858. The zero-order valence-electron chi connectivity index (χ0n) is 13.9. The predicted molar refractivity (Wildman–Crippen MR) is 89.7 cm³/mol. The van der Waals surface area contributed by atoms with Gasteiger partial charge in [-0.1, -0.05) is 6.07 Å². The van der Waals surface area contributed by atoms with Crippen LogP contribution in [0.1, 0.15) is 24.1 Å². The van der Waals surface area contributed by atoms with Crippen LogP contribution in [0.2, 0.25) is 0 Å². The van der Waals surface area contributed by atoms with Crippen LogP contribution in [0.15, 0.2) is 36.7 Å². The fourth-order valence-corrected chi connectivity index (χ4v) is 3.41. The Hall–Kier alpha value is -2.05. The van der Waals surface area contributed by atoms with Crippen molar-refractivity contribution in [3.05, 3.63) is 47.9 Å². The van der Waals surface area contributed by atoms with Crippen LogP contribution in [-0.4, -0.2) is 46.6 Å². The van der Waals surface area contributed by atoms with Crippen LogP contribution >= 0.6 is 0 Å². The maximum atomic E-state index is 6.09. The molecule has 2 saturated heterocycles. The van der Waals surface area contributed by atoms with Gasteiger partial charge in [0.1, 0.15) is 5.60 Å². The monoisotopic (exact) mass is 326 g/mol. The molecule has 0 N–H and O–H groups in total. The van der Waals surface area contributed by atoms with E-state index in [0.29, 0.717) is 6.61 Å². The molecule has 2 aliphatic rings. The first-order valence-electron chi connectivity index (χ1n) is 8.42. The minimum absolute atomic E-state index is 0.0928. The fraction of sp³-hybridized carbons (Fsp3) is 0.500. The second kappa shape index (κ2) is 6.45. The van der Waals surface area contributed by atoms with Crippen molar-refractivity contribution in [3.8, 4) is 0 Å². The number of nitrogens with zero attached hydrogens (tertiary/aromatic N) is 4. The van der Waals surface area contributed by atoms with Gasteiger partial charge >= 0.3 is 0 Å². The zero-order valence-corrected chi connectivity index (χ0v) is 13.9. The number of hydrogen-bond acceptors (Lipinski definition) is 6. The van der Waals surface area contributed by atoms with Gasteiger partial charge in [0.2, 0.25) is 0 Å². The number of aromatic nitrogens is 3. The van der Waals surface area contributed by atoms with Gasteiger partial charge in [-0.2, -0.15) is 5.10 Å². The standard InChI is InChI=1S/C18H22N4O2/c1-14-4-5-17(21-20-14)22-12-18(13-22)9-16(6-8-24-18)23-11-15-3-2-7-19-10-15/h2-5,7,10,16H,6,8-9,11-13H2,1H3. The van der Waals surface area contributed by atoms with Gasteiger partial charge in [-0.05, 0) is 37.1 Å². The normalized spacial score (nSPS) is 22.4. The molecule has 1 atom stereocenters. The smallest absolute Gasteiger partial charge is 0.151 e. The van der Waals surface area contributed by atoms with Crippen LogP contribution in [0.3, 0.4) is 0 Å². The fourth-order valence-electron chi connectivity index (χ4n) is 3.41. The molecule has 4 heterocycles. The molecule has 4 rings (SSSR count). The van der Waals surface area contributed by atoms with Gasteiger partial charge in [-0.15, -0.1) is 5.10 Å². The number of hydrogen-bond donors (Lipinski definition) is 0. The van der Waals surface area contributed by atoms with Crippen molar-refractivity contribution >= 4 is 5.82 Å². The number of rotatable bonds is 4. The molecule has 6 heteroatoms. The van der Waals surface area contributed by atoms with E-state index in [2.05, 4.69) is 20.1 Å². The van der Waals surface area contributed by atoms with Crippen LogP contribution in [0.4, 0.5) is 5.82 Å². The molecule has 0 amide bonds. The summed E-state index contributed by atoms with van der Waals surface area (Å²) in [5.74, 6) is 0.924. The molecule has 1 spiro atoms. The van der Waals surface area contributed by atoms with Gasteiger partial charge in [0, 0.05) is 25.4 Å². The van der Waals surface area contributed by atoms with Crippen LogP contribution < -0.4 is 4.90 Å². The first kappa shape index (κ1) is 15.5. The third kappa shape index (κ3) is 3.25. The summed E-state index contributed by atoms with van der Waals surface area (Å²) in [5.41, 5.74) is 1.96. The van der Waals surface area contributed by atoms with Crippen LogP contribution in [-0.2, 0) is 16.1 Å². The lowest BCUT2D eigenvalue weighted by atomic mass is 9.84. The van der Waals surface area contributed by atoms with Gasteiger partial charge in [0.25, 0.3) is 0 Å². The second-order valence-corrected chi connectivity index (χ2v) is 6.71. The van der Waals surface area contributed by atoms with Crippen molar-refractivity contribution in [1.29, 1.82) is 0 Å². The Kier molecular flexibility index (Phi) is 4.16. The summed E-state index contributed by atoms with van der Waals surface area (Å²) in [7, 11) is 0. The van der Waals surface area contributed by atoms with Crippen molar-refractivity contribution in [1.82, 2.24) is 15.2 Å². The van der Waals surface area contributed by atoms with Gasteiger partial charge in [-0.3, -0.25) is 4.98 Å². The van der Waals surface area contributed by atoms with Crippen molar-refractivity contribution in [2.75, 3.05) is 24.6 Å². The molecule has 0 radical (unpaired) electrons. The van der Waals surface area contributed by atoms with Gasteiger partial charge in [0.05, 0.1) is 31.5 Å². The van der Waals surface area contributed by atoms with Crippen molar-refractivity contribution < 1.29 is 9.47 Å². The Morgan fingerprint density at radius 1 is 1.29 bits per heavy atom. The maximum absolute atomic E-state index is 6.09. The molecule has 2 fully saturated rings. The molecule has 126 valence electrons. The Balaban J connectivity index is 1.32. The van der Waals surface area contributed by atoms with E-state index in [4.69, 9.17) is 9.47 Å². The predicted octanol–water partition coefficient (Wildman–Crippen LogP) is 2.13. The lowest BCUT2D eigenvalue weighted by Crippen LogP contribution is -2.66. The van der Waals surface area contributed by atoms with Crippen molar-refractivity contribution in [2.45, 2.75) is 38.1 Å². The van der Waals surface area contributed by atoms with Crippen molar-refractivity contribution in [2.24, 2.45) is 0 Å². The third-order valence-electron chi connectivity index (χ3n) is 4.72. The number of pyridine rings is 1. The van der Waals surface area contributed by atoms with E-state index in [9.17, 15) is 0 Å². The van der Waals surface area contributed by atoms with E-state index >= 15 is 0 Å². The molecule has 2 aromatic heterocycles. The molecule has 0 aliphatic carbocycles. The molecule has 6 nitrogen and oxygen atoms in total. The summed E-state index contributed by atoms with van der Waals surface area (Å²) in [5, 5.41) is 8.39. The molecule has 0 aromatic carbocycles. The highest BCUT2D eigenvalue weighted by Crippen LogP contribution is 2.37. The molecule has 2 aliphatic heterocycles. The Morgan fingerprint density at radius 3 is 2.96 bits per heavy atom. The van der Waals surface area contributed by atoms with Gasteiger partial charge < -0.3 is 14.4 Å². The van der Waals surface area contributed by atoms with E-state index in [1.807, 2.05) is 37.4 Å². The highest BCUT2D eigenvalue weighted by molar-refractivity contribution is 5.43. The number of aryl methyl sites for hydroxylation is 1. The largest absolute Gasteiger partial charge is 0.373 e. The zero-order chi connectivity index (χ0) is 16.4. The summed E-state index contributed by atoms with van der Waals surface area (Å²) in [6.07, 6.45) is 5.76. The lowest BCUT2D eigenvalue weighted by molar-refractivity contribution is -0.148. The highest BCUT2D eigenvalue weighted by atomic mass is 16.5. The lowest BCUT2D eigenvalue weighted by Gasteiger charge is -2.53. The van der Waals surface area contributed by atoms with E-state index in [1.165, 1.54) is 0 Å². The summed E-state index contributed by atoms with van der Waals surface area (Å²) in [6, 6.07) is 8.00. The van der Waals surface area contributed by atoms with E-state index in [1.54, 1.807) is 6.20 Å². The molecule has 1 unspecified atom stereocenters. The molecule has 2 aromatic rings. The average Bonchev–Trinajstić information content (AvgIpc) is 2.60. The molecule has 0 bridgehead atoms. The maximum Gasteiger partial charge on any atom is 0.151 e. The topological polar surface area (TPSA) is 60.4 Å². The van der Waals surface area contributed by atoms with Crippen molar-refractivity contribution in [3.63, 3.8) is 0 Å². The second-order valence-electron chi connectivity index (χ2n) is 6.71. The van der Waals surface area contributed by atoms with Crippen LogP contribution in [0.5, 0.6) is 0 Å². The highest BCUT2D eigenvalue weighted by Gasteiger charge is 2.48. The minimum atomic E-state index is -0.0928. The molecular weight excluding hydrogens is 304 g/mol. The molecular formula is C18H22N4O2. The molecule has 0 saturated carbocycles. The Bertz CT molecular complexity index is 671. The first-order chi connectivity index (χ1) is 11.7. The van der Waals surface area contributed by atoms with E-state index in [0.717, 1.165) is 49.6 Å². The van der Waals surface area contributed by atoms with Gasteiger partial charge in [-0.25, -0.2) is 0 Å². The Labute approximate surface area is 141 Å². The van der Waals surface area contributed by atoms with Crippen LogP contribution in [0, 0.1) is 6.92 Å². The average molecular weight is 326 g/mol. The number of ether oxygens (including phenoxy) is 2. The molecule has 24 heavy (non-hydrogen) atoms. The van der Waals surface area contributed by atoms with Gasteiger partial charge in [0.15, 0.2) is 5.82 Å². The summed E-state index contributed by atoms with van der Waals surface area (Å²) < 4.78 is 12.2. The van der Waals surface area contributed by atoms with E-state index < -0.39 is 0 Å². The Morgan fingerprint density at radius 2 is 2.21 bits per heavy atom. The SMILES string of the molecule is Cc1ccc(N2CC3(CC(OCc4cccnc4)CCO3)C2)nn1. The first-order valence-corrected chi connectivity index (χ1v) is 8.42. The number of anilines is 1. The van der Waals surface area contributed by atoms with E-state index in [-0.39, 0.29) is 11.7 Å². The summed E-state index contributed by atoms with van der Waals surface area (Å²) in [6.45, 7) is 5.03.